The van der Waals surface area contributed by atoms with Gasteiger partial charge in [-0.05, 0) is 42.2 Å². The predicted octanol–water partition coefficient (Wildman–Crippen LogP) is 2.84. The lowest BCUT2D eigenvalue weighted by atomic mass is 9.99. The van der Waals surface area contributed by atoms with Crippen LogP contribution in [0.15, 0.2) is 30.5 Å². The first-order chi connectivity index (χ1) is 9.74. The van der Waals surface area contributed by atoms with E-state index in [9.17, 15) is 0 Å². The van der Waals surface area contributed by atoms with Gasteiger partial charge < -0.3 is 10.2 Å². The normalized spacial score (nSPS) is 16.1. The molecule has 1 aliphatic rings. The summed E-state index contributed by atoms with van der Waals surface area (Å²) >= 11 is 0. The lowest BCUT2D eigenvalue weighted by Crippen LogP contribution is -2.43. The molecule has 0 bridgehead atoms. The Labute approximate surface area is 121 Å². The Bertz CT molecular complexity index is 586. The van der Waals surface area contributed by atoms with Crippen LogP contribution in [-0.4, -0.2) is 31.2 Å². The number of rotatable bonds is 3. The second-order valence-electron chi connectivity index (χ2n) is 6.01. The maximum Gasteiger partial charge on any atom is 0.0706 e. The third-order valence-electron chi connectivity index (χ3n) is 3.93. The van der Waals surface area contributed by atoms with Crippen molar-refractivity contribution in [3.05, 3.63) is 36.0 Å². The summed E-state index contributed by atoms with van der Waals surface area (Å²) in [5.41, 5.74) is 3.86. The van der Waals surface area contributed by atoms with Crippen LogP contribution in [-0.2, 0) is 6.42 Å². The van der Waals surface area contributed by atoms with Crippen LogP contribution >= 0.6 is 0 Å². The minimum atomic E-state index is 0.670. The third-order valence-corrected chi connectivity index (χ3v) is 3.93. The first-order valence-electron chi connectivity index (χ1n) is 7.57. The summed E-state index contributed by atoms with van der Waals surface area (Å²) < 4.78 is 0. The highest BCUT2D eigenvalue weighted by Gasteiger charge is 2.12. The van der Waals surface area contributed by atoms with Gasteiger partial charge >= 0.3 is 0 Å². The number of anilines is 1. The summed E-state index contributed by atoms with van der Waals surface area (Å²) in [6, 6.07) is 8.87. The van der Waals surface area contributed by atoms with E-state index < -0.39 is 0 Å². The van der Waals surface area contributed by atoms with Crippen LogP contribution in [0.3, 0.4) is 0 Å². The van der Waals surface area contributed by atoms with Crippen LogP contribution in [0.25, 0.3) is 10.9 Å². The zero-order chi connectivity index (χ0) is 13.9. The van der Waals surface area contributed by atoms with Crippen molar-refractivity contribution in [3.8, 4) is 0 Å². The molecule has 1 aromatic heterocycles. The molecule has 0 amide bonds. The van der Waals surface area contributed by atoms with E-state index in [0.29, 0.717) is 5.92 Å². The van der Waals surface area contributed by atoms with Crippen molar-refractivity contribution in [3.63, 3.8) is 0 Å². The van der Waals surface area contributed by atoms with Crippen molar-refractivity contribution in [2.45, 2.75) is 20.3 Å². The molecule has 3 nitrogen and oxygen atoms in total. The molecule has 3 heteroatoms. The summed E-state index contributed by atoms with van der Waals surface area (Å²) in [6.45, 7) is 8.86. The Hall–Kier alpha value is -1.61. The SMILES string of the molecule is CC(C)Cc1ccnc2ccc(N3CCNCC3)cc12. The molecule has 0 radical (unpaired) electrons. The molecule has 1 N–H and O–H groups in total. The highest BCUT2D eigenvalue weighted by Crippen LogP contribution is 2.25. The predicted molar refractivity (Wildman–Crippen MR) is 85.4 cm³/mol. The number of pyridine rings is 1. The maximum absolute atomic E-state index is 4.50. The van der Waals surface area contributed by atoms with Gasteiger partial charge in [0.05, 0.1) is 5.52 Å². The number of nitrogens with zero attached hydrogens (tertiary/aromatic N) is 2. The number of hydrogen-bond acceptors (Lipinski definition) is 3. The smallest absolute Gasteiger partial charge is 0.0706 e. The van der Waals surface area contributed by atoms with Gasteiger partial charge in [0.25, 0.3) is 0 Å². The molecular weight excluding hydrogens is 246 g/mol. The van der Waals surface area contributed by atoms with Crippen molar-refractivity contribution in [1.29, 1.82) is 0 Å². The van der Waals surface area contributed by atoms with Gasteiger partial charge in [-0.1, -0.05) is 13.8 Å². The highest BCUT2D eigenvalue weighted by molar-refractivity contribution is 5.85. The van der Waals surface area contributed by atoms with Gasteiger partial charge in [-0.2, -0.15) is 0 Å². The molecule has 0 unspecified atom stereocenters. The number of aromatic nitrogens is 1. The Kier molecular flexibility index (Phi) is 3.88. The number of benzene rings is 1. The van der Waals surface area contributed by atoms with Gasteiger partial charge in [-0.3, -0.25) is 4.98 Å². The van der Waals surface area contributed by atoms with Crippen LogP contribution in [0.1, 0.15) is 19.4 Å². The Morgan fingerprint density at radius 3 is 2.75 bits per heavy atom. The number of piperazine rings is 1. The Morgan fingerprint density at radius 2 is 2.00 bits per heavy atom. The van der Waals surface area contributed by atoms with Gasteiger partial charge in [0.2, 0.25) is 0 Å². The van der Waals surface area contributed by atoms with Crippen molar-refractivity contribution < 1.29 is 0 Å². The van der Waals surface area contributed by atoms with E-state index in [2.05, 4.69) is 53.3 Å². The summed E-state index contributed by atoms with van der Waals surface area (Å²) in [5.74, 6) is 0.670. The zero-order valence-electron chi connectivity index (χ0n) is 12.4. The molecule has 3 rings (SSSR count). The van der Waals surface area contributed by atoms with Crippen LogP contribution in [0, 0.1) is 5.92 Å². The lowest BCUT2D eigenvalue weighted by molar-refractivity contribution is 0.589. The van der Waals surface area contributed by atoms with E-state index >= 15 is 0 Å². The average Bonchev–Trinajstić information content (AvgIpc) is 2.47. The molecule has 1 fully saturated rings. The zero-order valence-corrected chi connectivity index (χ0v) is 12.4. The molecule has 0 spiro atoms. The number of nitrogens with one attached hydrogen (secondary N) is 1. The second kappa shape index (κ2) is 5.80. The molecule has 20 heavy (non-hydrogen) atoms. The number of fused-ring (bicyclic) bond motifs is 1. The van der Waals surface area contributed by atoms with E-state index in [4.69, 9.17) is 0 Å². The molecule has 2 heterocycles. The first kappa shape index (κ1) is 13.4. The van der Waals surface area contributed by atoms with Crippen LogP contribution < -0.4 is 10.2 Å². The molecule has 106 valence electrons. The average molecular weight is 269 g/mol. The standard InChI is InChI=1S/C17H23N3/c1-13(2)11-14-5-6-19-17-4-3-15(12-16(14)17)20-9-7-18-8-10-20/h3-6,12-13,18H,7-11H2,1-2H3. The Balaban J connectivity index is 1.99. The molecule has 0 aliphatic carbocycles. The minimum absolute atomic E-state index is 0.670. The van der Waals surface area contributed by atoms with Crippen molar-refractivity contribution in [2.24, 2.45) is 5.92 Å². The summed E-state index contributed by atoms with van der Waals surface area (Å²) in [5, 5.41) is 4.72. The van der Waals surface area contributed by atoms with E-state index in [1.807, 2.05) is 6.20 Å². The summed E-state index contributed by atoms with van der Waals surface area (Å²) in [4.78, 5) is 6.96. The van der Waals surface area contributed by atoms with Crippen molar-refractivity contribution in [1.82, 2.24) is 10.3 Å². The quantitative estimate of drug-likeness (QED) is 0.928. The third kappa shape index (κ3) is 2.78. The van der Waals surface area contributed by atoms with Gasteiger partial charge in [0, 0.05) is 43.4 Å². The van der Waals surface area contributed by atoms with E-state index in [0.717, 1.165) is 38.1 Å². The fraction of sp³-hybridized carbons (Fsp3) is 0.471. The molecule has 1 aliphatic heterocycles. The first-order valence-corrected chi connectivity index (χ1v) is 7.57. The molecule has 0 saturated carbocycles. The fourth-order valence-electron chi connectivity index (χ4n) is 2.93. The van der Waals surface area contributed by atoms with Gasteiger partial charge in [0.15, 0.2) is 0 Å². The van der Waals surface area contributed by atoms with Crippen LogP contribution in [0.5, 0.6) is 0 Å². The number of hydrogen-bond donors (Lipinski definition) is 1. The summed E-state index contributed by atoms with van der Waals surface area (Å²) in [7, 11) is 0. The van der Waals surface area contributed by atoms with Gasteiger partial charge in [-0.25, -0.2) is 0 Å². The lowest BCUT2D eigenvalue weighted by Gasteiger charge is -2.29. The van der Waals surface area contributed by atoms with Crippen molar-refractivity contribution in [2.75, 3.05) is 31.1 Å². The second-order valence-corrected chi connectivity index (χ2v) is 6.01. The van der Waals surface area contributed by atoms with E-state index in [1.165, 1.54) is 16.6 Å². The molecule has 2 aromatic rings. The largest absolute Gasteiger partial charge is 0.369 e. The molecule has 1 saturated heterocycles. The summed E-state index contributed by atoms with van der Waals surface area (Å²) in [6.07, 6.45) is 3.05. The maximum atomic E-state index is 4.50. The Morgan fingerprint density at radius 1 is 1.20 bits per heavy atom. The van der Waals surface area contributed by atoms with E-state index in [-0.39, 0.29) is 0 Å². The fourth-order valence-corrected chi connectivity index (χ4v) is 2.93. The highest BCUT2D eigenvalue weighted by atomic mass is 15.2. The molecular formula is C17H23N3. The minimum Gasteiger partial charge on any atom is -0.369 e. The van der Waals surface area contributed by atoms with Crippen molar-refractivity contribution >= 4 is 16.6 Å². The van der Waals surface area contributed by atoms with Gasteiger partial charge in [0.1, 0.15) is 0 Å². The van der Waals surface area contributed by atoms with Crippen LogP contribution in [0.2, 0.25) is 0 Å². The van der Waals surface area contributed by atoms with E-state index in [1.54, 1.807) is 0 Å². The molecule has 0 atom stereocenters. The topological polar surface area (TPSA) is 28.2 Å². The monoisotopic (exact) mass is 269 g/mol. The molecule has 1 aromatic carbocycles. The van der Waals surface area contributed by atoms with Crippen LogP contribution in [0.4, 0.5) is 5.69 Å². The van der Waals surface area contributed by atoms with Gasteiger partial charge in [-0.15, -0.1) is 0 Å².